The lowest BCUT2D eigenvalue weighted by Crippen LogP contribution is -2.19. The highest BCUT2D eigenvalue weighted by molar-refractivity contribution is 6.03. The zero-order valence-corrected chi connectivity index (χ0v) is 15.6. The largest absolute Gasteiger partial charge is 0.573 e. The number of nitrogens with zero attached hydrogens (tertiary/aromatic N) is 2. The van der Waals surface area contributed by atoms with Gasteiger partial charge in [-0.15, -0.1) is 13.2 Å². The lowest BCUT2D eigenvalue weighted by Gasteiger charge is -2.11. The van der Waals surface area contributed by atoms with E-state index in [1.54, 1.807) is 24.3 Å². The Hall–Kier alpha value is -3.36. The van der Waals surface area contributed by atoms with Gasteiger partial charge in [0.25, 0.3) is 5.91 Å². The molecule has 5 nitrogen and oxygen atoms in total. The van der Waals surface area contributed by atoms with Gasteiger partial charge in [0.1, 0.15) is 17.3 Å². The zero-order valence-electron chi connectivity index (χ0n) is 15.6. The van der Waals surface area contributed by atoms with E-state index in [0.717, 1.165) is 30.7 Å². The van der Waals surface area contributed by atoms with Crippen LogP contribution in [0.2, 0.25) is 0 Å². The van der Waals surface area contributed by atoms with Gasteiger partial charge in [-0.3, -0.25) is 9.48 Å². The number of nitrogens with one attached hydrogen (secondary N) is 1. The SMILES string of the molecule is O=C(Nc1ccc(OC(F)(F)F)cc1)c1cc(C2CC2)nn1Cc1ccccc1F. The molecule has 0 radical (unpaired) electrons. The van der Waals surface area contributed by atoms with E-state index in [-0.39, 0.29) is 23.9 Å². The molecular weight excluding hydrogens is 402 g/mol. The van der Waals surface area contributed by atoms with Crippen LogP contribution >= 0.6 is 0 Å². The van der Waals surface area contributed by atoms with Crippen LogP contribution in [-0.2, 0) is 6.54 Å². The summed E-state index contributed by atoms with van der Waals surface area (Å²) in [6.45, 7) is 0.0838. The van der Waals surface area contributed by atoms with E-state index in [2.05, 4.69) is 15.2 Å². The Bertz CT molecular complexity index is 1060. The first-order chi connectivity index (χ1) is 14.3. The second-order valence-corrected chi connectivity index (χ2v) is 7.00. The molecule has 1 saturated carbocycles. The number of halogens is 4. The topological polar surface area (TPSA) is 56.1 Å². The fourth-order valence-electron chi connectivity index (χ4n) is 3.04. The van der Waals surface area contributed by atoms with Crippen LogP contribution in [0.4, 0.5) is 23.2 Å². The first kappa shape index (κ1) is 19.9. The number of ether oxygens (including phenoxy) is 1. The predicted molar refractivity (Wildman–Crippen MR) is 101 cm³/mol. The van der Waals surface area contributed by atoms with E-state index in [1.807, 2.05) is 0 Å². The summed E-state index contributed by atoms with van der Waals surface area (Å²) < 4.78 is 56.1. The summed E-state index contributed by atoms with van der Waals surface area (Å²) in [4.78, 5) is 12.8. The second-order valence-electron chi connectivity index (χ2n) is 7.00. The third kappa shape index (κ3) is 4.79. The first-order valence-electron chi connectivity index (χ1n) is 9.27. The van der Waals surface area contributed by atoms with E-state index in [0.29, 0.717) is 11.3 Å². The maximum atomic E-state index is 14.1. The van der Waals surface area contributed by atoms with Crippen molar-refractivity contribution < 1.29 is 27.1 Å². The lowest BCUT2D eigenvalue weighted by atomic mass is 10.2. The molecule has 0 bridgehead atoms. The number of amides is 1. The van der Waals surface area contributed by atoms with E-state index in [9.17, 15) is 22.4 Å². The summed E-state index contributed by atoms with van der Waals surface area (Å²) in [7, 11) is 0. The molecule has 9 heteroatoms. The van der Waals surface area contributed by atoms with Crippen LogP contribution in [0.5, 0.6) is 5.75 Å². The van der Waals surface area contributed by atoms with Gasteiger partial charge >= 0.3 is 6.36 Å². The molecule has 1 aliphatic rings. The Morgan fingerprint density at radius 3 is 2.47 bits per heavy atom. The van der Waals surface area contributed by atoms with Crippen molar-refractivity contribution in [2.75, 3.05) is 5.32 Å². The highest BCUT2D eigenvalue weighted by Gasteiger charge is 2.31. The van der Waals surface area contributed by atoms with Crippen molar-refractivity contribution >= 4 is 11.6 Å². The summed E-state index contributed by atoms with van der Waals surface area (Å²) >= 11 is 0. The number of carbonyl (C=O) groups excluding carboxylic acids is 1. The summed E-state index contributed by atoms with van der Waals surface area (Å²) in [5.74, 6) is -0.985. The molecule has 0 spiro atoms. The smallest absolute Gasteiger partial charge is 0.406 e. The first-order valence-corrected chi connectivity index (χ1v) is 9.27. The number of carbonyl (C=O) groups is 1. The van der Waals surface area contributed by atoms with Gasteiger partial charge in [-0.25, -0.2) is 4.39 Å². The standard InChI is InChI=1S/C21H17F4N3O2/c22-17-4-2-1-3-14(17)12-28-19(11-18(27-28)13-5-6-13)20(29)26-15-7-9-16(10-8-15)30-21(23,24)25/h1-4,7-11,13H,5-6,12H2,(H,26,29). The summed E-state index contributed by atoms with van der Waals surface area (Å²) in [6, 6.07) is 12.7. The number of aromatic nitrogens is 2. The molecule has 1 aliphatic carbocycles. The van der Waals surface area contributed by atoms with E-state index < -0.39 is 18.1 Å². The molecule has 0 unspecified atom stereocenters. The minimum absolute atomic E-state index is 0.0838. The fraction of sp³-hybridized carbons (Fsp3) is 0.238. The molecule has 1 fully saturated rings. The molecule has 30 heavy (non-hydrogen) atoms. The molecule has 156 valence electrons. The van der Waals surface area contributed by atoms with E-state index in [4.69, 9.17) is 0 Å². The molecular formula is C21H17F4N3O2. The van der Waals surface area contributed by atoms with Gasteiger partial charge < -0.3 is 10.1 Å². The van der Waals surface area contributed by atoms with E-state index in [1.165, 1.54) is 22.9 Å². The predicted octanol–water partition coefficient (Wildman–Crippen LogP) is 5.10. The average molecular weight is 419 g/mol. The summed E-state index contributed by atoms with van der Waals surface area (Å²) in [5.41, 5.74) is 1.70. The third-order valence-corrected chi connectivity index (χ3v) is 4.65. The molecule has 0 aliphatic heterocycles. The molecule has 1 heterocycles. The fourth-order valence-corrected chi connectivity index (χ4v) is 3.04. The minimum Gasteiger partial charge on any atom is -0.406 e. The van der Waals surface area contributed by atoms with Crippen LogP contribution in [0.15, 0.2) is 54.6 Å². The number of hydrogen-bond acceptors (Lipinski definition) is 3. The van der Waals surface area contributed by atoms with Crippen molar-refractivity contribution in [1.82, 2.24) is 9.78 Å². The maximum absolute atomic E-state index is 14.1. The monoisotopic (exact) mass is 419 g/mol. The van der Waals surface area contributed by atoms with Gasteiger partial charge in [-0.05, 0) is 49.2 Å². The molecule has 0 saturated heterocycles. The van der Waals surface area contributed by atoms with Crippen molar-refractivity contribution in [1.29, 1.82) is 0 Å². The van der Waals surface area contributed by atoms with Gasteiger partial charge in [-0.1, -0.05) is 18.2 Å². The summed E-state index contributed by atoms with van der Waals surface area (Å²) in [5, 5.41) is 7.10. The molecule has 3 aromatic rings. The zero-order chi connectivity index (χ0) is 21.3. The van der Waals surface area contributed by atoms with Crippen LogP contribution in [0, 0.1) is 5.82 Å². The van der Waals surface area contributed by atoms with Gasteiger partial charge in [0, 0.05) is 17.2 Å². The van der Waals surface area contributed by atoms with Crippen LogP contribution in [-0.4, -0.2) is 22.1 Å². The number of alkyl halides is 3. The Kier molecular flexibility index (Phi) is 5.19. The Balaban J connectivity index is 1.54. The molecule has 1 aromatic heterocycles. The molecule has 1 N–H and O–H groups in total. The van der Waals surface area contributed by atoms with E-state index >= 15 is 0 Å². The second kappa shape index (κ2) is 7.81. The Morgan fingerprint density at radius 1 is 1.13 bits per heavy atom. The average Bonchev–Trinajstić information content (AvgIpc) is 3.44. The van der Waals surface area contributed by atoms with Gasteiger partial charge in [0.2, 0.25) is 0 Å². The van der Waals surface area contributed by atoms with Crippen LogP contribution in [0.1, 0.15) is 40.5 Å². The quantitative estimate of drug-likeness (QED) is 0.566. The van der Waals surface area contributed by atoms with Crippen LogP contribution in [0.25, 0.3) is 0 Å². The molecule has 2 aromatic carbocycles. The number of rotatable bonds is 6. The number of hydrogen-bond donors (Lipinski definition) is 1. The molecule has 4 rings (SSSR count). The molecule has 1 amide bonds. The van der Waals surface area contributed by atoms with Crippen molar-refractivity contribution in [3.05, 3.63) is 77.4 Å². The highest BCUT2D eigenvalue weighted by Crippen LogP contribution is 2.39. The minimum atomic E-state index is -4.79. The van der Waals surface area contributed by atoms with Gasteiger partial charge in [0.15, 0.2) is 0 Å². The third-order valence-electron chi connectivity index (χ3n) is 4.65. The van der Waals surface area contributed by atoms with Crippen molar-refractivity contribution in [3.8, 4) is 5.75 Å². The summed E-state index contributed by atoms with van der Waals surface area (Å²) in [6.07, 6.45) is -2.82. The Labute approximate surface area is 169 Å². The van der Waals surface area contributed by atoms with Gasteiger partial charge in [-0.2, -0.15) is 5.10 Å². The van der Waals surface area contributed by atoms with Crippen LogP contribution < -0.4 is 10.1 Å². The molecule has 0 atom stereocenters. The number of benzene rings is 2. The van der Waals surface area contributed by atoms with Crippen LogP contribution in [0.3, 0.4) is 0 Å². The normalized spacial score (nSPS) is 13.9. The maximum Gasteiger partial charge on any atom is 0.573 e. The van der Waals surface area contributed by atoms with Crippen molar-refractivity contribution in [2.45, 2.75) is 31.7 Å². The number of anilines is 1. The van der Waals surface area contributed by atoms with Crippen molar-refractivity contribution in [2.24, 2.45) is 0 Å². The lowest BCUT2D eigenvalue weighted by molar-refractivity contribution is -0.274. The van der Waals surface area contributed by atoms with Crippen molar-refractivity contribution in [3.63, 3.8) is 0 Å². The van der Waals surface area contributed by atoms with Gasteiger partial charge in [0.05, 0.1) is 12.2 Å². The Morgan fingerprint density at radius 2 is 1.83 bits per heavy atom. The highest BCUT2D eigenvalue weighted by atomic mass is 19.4.